The summed E-state index contributed by atoms with van der Waals surface area (Å²) in [5.74, 6) is 2.10. The Morgan fingerprint density at radius 1 is 1.11 bits per heavy atom. The summed E-state index contributed by atoms with van der Waals surface area (Å²) in [4.78, 5) is 11.9. The zero-order chi connectivity index (χ0) is 19.6. The van der Waals surface area contributed by atoms with E-state index in [4.69, 9.17) is 14.2 Å². The molecule has 1 N–H and O–H groups in total. The van der Waals surface area contributed by atoms with Crippen LogP contribution in [0, 0.1) is 0 Å². The summed E-state index contributed by atoms with van der Waals surface area (Å²) in [5.41, 5.74) is 4.42. The van der Waals surface area contributed by atoms with Crippen molar-refractivity contribution < 1.29 is 19.0 Å². The molecule has 1 unspecified atom stereocenters. The van der Waals surface area contributed by atoms with Crippen LogP contribution in [0.2, 0.25) is 0 Å². The molecule has 0 heterocycles. The first-order valence-electron chi connectivity index (χ1n) is 8.84. The van der Waals surface area contributed by atoms with Gasteiger partial charge in [0.1, 0.15) is 17.2 Å². The smallest absolute Gasteiger partial charge is 0.277 e. The lowest BCUT2D eigenvalue weighted by atomic mass is 9.99. The number of rotatable bonds is 9. The van der Waals surface area contributed by atoms with E-state index in [2.05, 4.69) is 24.4 Å². The SMILES string of the molecule is CCC(C)c1ccc(OCC(=O)N/N=C\c2ccc(OC)cc2OC)cc1. The first-order chi connectivity index (χ1) is 13.1. The summed E-state index contributed by atoms with van der Waals surface area (Å²) in [5, 5.41) is 3.94. The van der Waals surface area contributed by atoms with Gasteiger partial charge in [-0.2, -0.15) is 5.10 Å². The zero-order valence-electron chi connectivity index (χ0n) is 16.2. The molecule has 1 amide bonds. The molecule has 0 aliphatic heterocycles. The van der Waals surface area contributed by atoms with E-state index in [-0.39, 0.29) is 12.5 Å². The maximum atomic E-state index is 11.9. The van der Waals surface area contributed by atoms with Crippen LogP contribution < -0.4 is 19.6 Å². The summed E-state index contributed by atoms with van der Waals surface area (Å²) in [6.45, 7) is 4.22. The van der Waals surface area contributed by atoms with E-state index in [0.29, 0.717) is 23.2 Å². The standard InChI is InChI=1S/C21H26N2O4/c1-5-15(2)16-6-9-18(10-7-16)27-14-21(24)23-22-13-17-8-11-19(25-3)12-20(17)26-4/h6-13,15H,5,14H2,1-4H3,(H,23,24)/b22-13-. The Morgan fingerprint density at radius 3 is 2.44 bits per heavy atom. The highest BCUT2D eigenvalue weighted by atomic mass is 16.5. The summed E-state index contributed by atoms with van der Waals surface area (Å²) < 4.78 is 15.9. The van der Waals surface area contributed by atoms with Crippen molar-refractivity contribution in [1.29, 1.82) is 0 Å². The number of carbonyl (C=O) groups is 1. The average molecular weight is 370 g/mol. The van der Waals surface area contributed by atoms with E-state index >= 15 is 0 Å². The summed E-state index contributed by atoms with van der Waals surface area (Å²) >= 11 is 0. The molecule has 0 bridgehead atoms. The van der Waals surface area contributed by atoms with Gasteiger partial charge in [-0.15, -0.1) is 0 Å². The molecule has 0 radical (unpaired) electrons. The molecule has 27 heavy (non-hydrogen) atoms. The lowest BCUT2D eigenvalue weighted by Gasteiger charge is -2.10. The van der Waals surface area contributed by atoms with Gasteiger partial charge in [-0.05, 0) is 42.2 Å². The predicted molar refractivity (Wildman–Crippen MR) is 106 cm³/mol. The van der Waals surface area contributed by atoms with Crippen LogP contribution in [0.4, 0.5) is 0 Å². The zero-order valence-corrected chi connectivity index (χ0v) is 16.2. The second kappa shape index (κ2) is 10.2. The topological polar surface area (TPSA) is 69.2 Å². The van der Waals surface area contributed by atoms with Crippen molar-refractivity contribution in [1.82, 2.24) is 5.43 Å². The first kappa shape index (κ1) is 20.3. The molecule has 6 heteroatoms. The van der Waals surface area contributed by atoms with Crippen LogP contribution in [0.3, 0.4) is 0 Å². The second-order valence-corrected chi connectivity index (χ2v) is 6.07. The molecular formula is C21H26N2O4. The van der Waals surface area contributed by atoms with Crippen molar-refractivity contribution in [2.75, 3.05) is 20.8 Å². The van der Waals surface area contributed by atoms with Crippen LogP contribution in [0.1, 0.15) is 37.3 Å². The molecule has 0 saturated heterocycles. The van der Waals surface area contributed by atoms with Crippen molar-refractivity contribution in [2.24, 2.45) is 5.10 Å². The number of hydrogen-bond donors (Lipinski definition) is 1. The van der Waals surface area contributed by atoms with Gasteiger partial charge < -0.3 is 14.2 Å². The molecule has 0 aromatic heterocycles. The third-order valence-electron chi connectivity index (χ3n) is 4.26. The lowest BCUT2D eigenvalue weighted by Crippen LogP contribution is -2.24. The first-order valence-corrected chi connectivity index (χ1v) is 8.84. The van der Waals surface area contributed by atoms with E-state index < -0.39 is 0 Å². The molecular weight excluding hydrogens is 344 g/mol. The van der Waals surface area contributed by atoms with Crippen LogP contribution in [0.5, 0.6) is 17.2 Å². The number of benzene rings is 2. The van der Waals surface area contributed by atoms with Crippen LogP contribution in [-0.2, 0) is 4.79 Å². The Hall–Kier alpha value is -3.02. The number of methoxy groups -OCH3 is 2. The van der Waals surface area contributed by atoms with E-state index in [1.54, 1.807) is 32.4 Å². The molecule has 144 valence electrons. The molecule has 0 spiro atoms. The number of hydrogen-bond acceptors (Lipinski definition) is 5. The van der Waals surface area contributed by atoms with Crippen LogP contribution in [-0.4, -0.2) is 32.9 Å². The fraction of sp³-hybridized carbons (Fsp3) is 0.333. The number of ether oxygens (including phenoxy) is 3. The minimum absolute atomic E-state index is 0.111. The van der Waals surface area contributed by atoms with Gasteiger partial charge in [-0.3, -0.25) is 4.79 Å². The van der Waals surface area contributed by atoms with Crippen molar-refractivity contribution in [3.05, 3.63) is 53.6 Å². The molecule has 0 saturated carbocycles. The molecule has 2 rings (SSSR count). The van der Waals surface area contributed by atoms with Crippen LogP contribution in [0.25, 0.3) is 0 Å². The van der Waals surface area contributed by atoms with Crippen molar-refractivity contribution >= 4 is 12.1 Å². The van der Waals surface area contributed by atoms with Gasteiger partial charge in [0.15, 0.2) is 6.61 Å². The maximum Gasteiger partial charge on any atom is 0.277 e. The van der Waals surface area contributed by atoms with Gasteiger partial charge in [-0.25, -0.2) is 5.43 Å². The normalized spacial score (nSPS) is 11.9. The Labute approximate surface area is 160 Å². The fourth-order valence-electron chi connectivity index (χ4n) is 2.41. The van der Waals surface area contributed by atoms with Crippen LogP contribution >= 0.6 is 0 Å². The number of carbonyl (C=O) groups excluding carboxylic acids is 1. The highest BCUT2D eigenvalue weighted by Crippen LogP contribution is 2.23. The quantitative estimate of drug-likeness (QED) is 0.539. The molecule has 2 aromatic carbocycles. The number of hydrazone groups is 1. The van der Waals surface area contributed by atoms with Gasteiger partial charge in [0.05, 0.1) is 20.4 Å². The molecule has 0 aliphatic carbocycles. The molecule has 0 aliphatic rings. The Morgan fingerprint density at radius 2 is 1.81 bits per heavy atom. The third kappa shape index (κ3) is 6.02. The van der Waals surface area contributed by atoms with Gasteiger partial charge in [0, 0.05) is 11.6 Å². The maximum absolute atomic E-state index is 11.9. The monoisotopic (exact) mass is 370 g/mol. The van der Waals surface area contributed by atoms with Gasteiger partial charge >= 0.3 is 0 Å². The third-order valence-corrected chi connectivity index (χ3v) is 4.26. The fourth-order valence-corrected chi connectivity index (χ4v) is 2.41. The van der Waals surface area contributed by atoms with Crippen LogP contribution in [0.15, 0.2) is 47.6 Å². The van der Waals surface area contributed by atoms with Crippen molar-refractivity contribution in [2.45, 2.75) is 26.2 Å². The van der Waals surface area contributed by atoms with Crippen molar-refractivity contribution in [3.8, 4) is 17.2 Å². The number of nitrogens with zero attached hydrogens (tertiary/aromatic N) is 1. The summed E-state index contributed by atoms with van der Waals surface area (Å²) in [6.07, 6.45) is 2.59. The molecule has 1 atom stereocenters. The van der Waals surface area contributed by atoms with Gasteiger partial charge in [0.2, 0.25) is 0 Å². The highest BCUT2D eigenvalue weighted by Gasteiger charge is 2.06. The predicted octanol–water partition coefficient (Wildman–Crippen LogP) is 3.75. The lowest BCUT2D eigenvalue weighted by molar-refractivity contribution is -0.123. The summed E-state index contributed by atoms with van der Waals surface area (Å²) in [7, 11) is 3.14. The van der Waals surface area contributed by atoms with Gasteiger partial charge in [0.25, 0.3) is 5.91 Å². The van der Waals surface area contributed by atoms with E-state index in [1.807, 2.05) is 24.3 Å². The van der Waals surface area contributed by atoms with Crippen molar-refractivity contribution in [3.63, 3.8) is 0 Å². The number of amides is 1. The Balaban J connectivity index is 1.85. The minimum atomic E-state index is -0.343. The largest absolute Gasteiger partial charge is 0.497 e. The molecule has 6 nitrogen and oxygen atoms in total. The van der Waals surface area contributed by atoms with Gasteiger partial charge in [-0.1, -0.05) is 26.0 Å². The van der Waals surface area contributed by atoms with E-state index in [0.717, 1.165) is 12.0 Å². The highest BCUT2D eigenvalue weighted by molar-refractivity contribution is 5.85. The minimum Gasteiger partial charge on any atom is -0.497 e. The summed E-state index contributed by atoms with van der Waals surface area (Å²) in [6, 6.07) is 13.1. The molecule has 2 aromatic rings. The Bertz CT molecular complexity index is 772. The van der Waals surface area contributed by atoms with E-state index in [9.17, 15) is 4.79 Å². The Kier molecular flexibility index (Phi) is 7.67. The molecule has 0 fully saturated rings. The number of nitrogens with one attached hydrogen (secondary N) is 1. The average Bonchev–Trinajstić information content (AvgIpc) is 2.72. The second-order valence-electron chi connectivity index (χ2n) is 6.07. The van der Waals surface area contributed by atoms with E-state index in [1.165, 1.54) is 11.8 Å².